The molecule has 1 aromatic rings. The molecule has 0 amide bonds. The number of aliphatic hydroxyl groups excluding tert-OH is 2. The molecule has 9 heteroatoms. The molecule has 1 heterocycles. The zero-order chi connectivity index (χ0) is 15.8. The van der Waals surface area contributed by atoms with Gasteiger partial charge in [0.1, 0.15) is 6.04 Å². The van der Waals surface area contributed by atoms with Crippen molar-refractivity contribution in [1.82, 2.24) is 9.55 Å². The van der Waals surface area contributed by atoms with Crippen molar-refractivity contribution < 1.29 is 19.0 Å². The molecule has 1 saturated carbocycles. The Hall–Kier alpha value is -1.32. The van der Waals surface area contributed by atoms with Crippen LogP contribution in [0.25, 0.3) is 6.08 Å². The van der Waals surface area contributed by atoms with Crippen LogP contribution in [0, 0.1) is 5.92 Å². The summed E-state index contributed by atoms with van der Waals surface area (Å²) in [5.41, 5.74) is -1.72. The highest BCUT2D eigenvalue weighted by Crippen LogP contribution is 2.46. The van der Waals surface area contributed by atoms with Crippen molar-refractivity contribution in [2.45, 2.75) is 24.5 Å². The first-order chi connectivity index (χ1) is 9.81. The monoisotopic (exact) mass is 366 g/mol. The summed E-state index contributed by atoms with van der Waals surface area (Å²) in [6.07, 6.45) is 0.0201. The summed E-state index contributed by atoms with van der Waals surface area (Å²) < 4.78 is 28.7. The van der Waals surface area contributed by atoms with Crippen LogP contribution in [0.4, 0.5) is 8.78 Å². The molecule has 1 aliphatic rings. The molecule has 3 atom stereocenters. The van der Waals surface area contributed by atoms with Crippen LogP contribution >= 0.6 is 15.9 Å². The molecule has 1 fully saturated rings. The number of halogens is 3. The third-order valence-corrected chi connectivity index (χ3v) is 3.83. The molecule has 0 saturated heterocycles. The van der Waals surface area contributed by atoms with Gasteiger partial charge in [0, 0.05) is 18.5 Å². The molecule has 3 unspecified atom stereocenters. The van der Waals surface area contributed by atoms with Gasteiger partial charge in [0.25, 0.3) is 11.5 Å². The van der Waals surface area contributed by atoms with Gasteiger partial charge in [0.15, 0.2) is 0 Å². The summed E-state index contributed by atoms with van der Waals surface area (Å²) >= 11 is 2.96. The van der Waals surface area contributed by atoms with E-state index in [1.807, 2.05) is 4.98 Å². The van der Waals surface area contributed by atoms with Gasteiger partial charge in [-0.1, -0.05) is 15.9 Å². The summed E-state index contributed by atoms with van der Waals surface area (Å²) in [5, 5.41) is 18.8. The Morgan fingerprint density at radius 2 is 2.19 bits per heavy atom. The lowest BCUT2D eigenvalue weighted by Gasteiger charge is -2.25. The molecular weight excluding hydrogens is 354 g/mol. The van der Waals surface area contributed by atoms with E-state index in [-0.39, 0.29) is 5.56 Å². The quantitative estimate of drug-likeness (QED) is 0.723. The third-order valence-electron chi connectivity index (χ3n) is 3.56. The minimum Gasteiger partial charge on any atom is -0.396 e. The number of rotatable bonds is 3. The first-order valence-corrected chi connectivity index (χ1v) is 7.02. The topological polar surface area (TPSA) is 95.3 Å². The van der Waals surface area contributed by atoms with Crippen molar-refractivity contribution in [3.63, 3.8) is 0 Å². The van der Waals surface area contributed by atoms with Crippen LogP contribution in [0.2, 0.25) is 0 Å². The number of hydrogen-bond donors (Lipinski definition) is 3. The van der Waals surface area contributed by atoms with Crippen molar-refractivity contribution in [3.8, 4) is 0 Å². The summed E-state index contributed by atoms with van der Waals surface area (Å²) in [6.45, 7) is -0.698. The highest BCUT2D eigenvalue weighted by molar-refractivity contribution is 9.11. The fourth-order valence-corrected chi connectivity index (χ4v) is 2.88. The molecule has 2 rings (SSSR count). The maximum Gasteiger partial charge on any atom is 0.328 e. The van der Waals surface area contributed by atoms with E-state index in [1.165, 1.54) is 11.1 Å². The number of aromatic amines is 1. The van der Waals surface area contributed by atoms with Crippen LogP contribution in [0.15, 0.2) is 20.8 Å². The molecule has 0 radical (unpaired) electrons. The molecule has 0 bridgehead atoms. The molecule has 0 aromatic carbocycles. The first kappa shape index (κ1) is 16.1. The molecule has 21 heavy (non-hydrogen) atoms. The van der Waals surface area contributed by atoms with Gasteiger partial charge in [-0.25, -0.2) is 13.6 Å². The van der Waals surface area contributed by atoms with Crippen LogP contribution in [0.1, 0.15) is 18.0 Å². The molecule has 1 aliphatic carbocycles. The fourth-order valence-electron chi connectivity index (χ4n) is 2.60. The summed E-state index contributed by atoms with van der Waals surface area (Å²) in [5.74, 6) is -4.56. The second kappa shape index (κ2) is 5.82. The van der Waals surface area contributed by atoms with Crippen molar-refractivity contribution in [2.75, 3.05) is 6.61 Å². The first-order valence-electron chi connectivity index (χ1n) is 6.10. The normalized spacial score (nSPS) is 28.3. The van der Waals surface area contributed by atoms with E-state index in [0.29, 0.717) is 4.57 Å². The number of aromatic nitrogens is 2. The predicted octanol–water partition coefficient (Wildman–Crippen LogP) is 0.452. The molecule has 6 nitrogen and oxygen atoms in total. The maximum absolute atomic E-state index is 14.0. The average molecular weight is 367 g/mol. The zero-order valence-corrected chi connectivity index (χ0v) is 12.3. The lowest BCUT2D eigenvalue weighted by molar-refractivity contribution is -0.0457. The Balaban J connectivity index is 2.61. The van der Waals surface area contributed by atoms with Crippen molar-refractivity contribution >= 4 is 22.0 Å². The van der Waals surface area contributed by atoms with Gasteiger partial charge in [-0.15, -0.1) is 0 Å². The van der Waals surface area contributed by atoms with Gasteiger partial charge >= 0.3 is 5.69 Å². The Morgan fingerprint density at radius 1 is 1.52 bits per heavy atom. The van der Waals surface area contributed by atoms with Crippen molar-refractivity contribution in [3.05, 3.63) is 37.6 Å². The van der Waals surface area contributed by atoms with Crippen molar-refractivity contribution in [1.29, 1.82) is 0 Å². The number of aliphatic hydroxyl groups is 2. The molecule has 3 N–H and O–H groups in total. The molecule has 1 aromatic heterocycles. The smallest absolute Gasteiger partial charge is 0.328 e. The highest BCUT2D eigenvalue weighted by Gasteiger charge is 2.56. The Bertz CT molecular complexity index is 670. The highest BCUT2D eigenvalue weighted by atomic mass is 79.9. The molecule has 0 spiro atoms. The van der Waals surface area contributed by atoms with Gasteiger partial charge in [-0.05, 0) is 11.1 Å². The van der Waals surface area contributed by atoms with Crippen LogP contribution < -0.4 is 11.2 Å². The maximum atomic E-state index is 14.0. The predicted molar refractivity (Wildman–Crippen MR) is 74.5 cm³/mol. The number of H-pyrrole nitrogens is 1. The van der Waals surface area contributed by atoms with Gasteiger partial charge in [-0.2, -0.15) is 0 Å². The fraction of sp³-hybridized carbons (Fsp3) is 0.500. The molecule has 0 aliphatic heterocycles. The van der Waals surface area contributed by atoms with Gasteiger partial charge in [0.05, 0.1) is 18.3 Å². The second-order valence-electron chi connectivity index (χ2n) is 4.87. The van der Waals surface area contributed by atoms with Gasteiger partial charge in [-0.3, -0.25) is 14.3 Å². The standard InChI is InChI=1S/C12H13BrF2N2O4/c13-2-1-6-4-17(11(21)16-10(6)20)9-7(5-18)8(19)3-12(9,14)15/h1-2,4,7-9,18-19H,3,5H2,(H,16,20,21). The third kappa shape index (κ3) is 2.85. The van der Waals surface area contributed by atoms with Crippen LogP contribution in [0.3, 0.4) is 0 Å². The molecular formula is C12H13BrF2N2O4. The van der Waals surface area contributed by atoms with E-state index < -0.39 is 48.3 Å². The van der Waals surface area contributed by atoms with E-state index in [9.17, 15) is 28.6 Å². The van der Waals surface area contributed by atoms with Crippen molar-refractivity contribution in [2.24, 2.45) is 5.92 Å². The van der Waals surface area contributed by atoms with Gasteiger partial charge in [0.2, 0.25) is 0 Å². The van der Waals surface area contributed by atoms with Crippen LogP contribution in [-0.4, -0.2) is 38.4 Å². The Kier molecular flexibility index (Phi) is 4.45. The minimum absolute atomic E-state index is 0.000328. The second-order valence-corrected chi connectivity index (χ2v) is 5.40. The zero-order valence-electron chi connectivity index (χ0n) is 10.7. The lowest BCUT2D eigenvalue weighted by Crippen LogP contribution is -2.41. The van der Waals surface area contributed by atoms with E-state index in [0.717, 1.165) is 6.20 Å². The Morgan fingerprint density at radius 3 is 2.76 bits per heavy atom. The Labute approximate surface area is 125 Å². The number of nitrogens with zero attached hydrogens (tertiary/aromatic N) is 1. The summed E-state index contributed by atoms with van der Waals surface area (Å²) in [4.78, 5) is 26.7. The largest absolute Gasteiger partial charge is 0.396 e. The molecule has 116 valence electrons. The summed E-state index contributed by atoms with van der Waals surface area (Å²) in [7, 11) is 0. The summed E-state index contributed by atoms with van der Waals surface area (Å²) in [6, 6.07) is -1.72. The van der Waals surface area contributed by atoms with E-state index in [2.05, 4.69) is 15.9 Å². The number of nitrogens with one attached hydrogen (secondary N) is 1. The van der Waals surface area contributed by atoms with E-state index in [1.54, 1.807) is 0 Å². The van der Waals surface area contributed by atoms with E-state index >= 15 is 0 Å². The van der Waals surface area contributed by atoms with E-state index in [4.69, 9.17) is 0 Å². The number of alkyl halides is 2. The van der Waals surface area contributed by atoms with Gasteiger partial charge < -0.3 is 10.2 Å². The van der Waals surface area contributed by atoms with Crippen LogP contribution in [0.5, 0.6) is 0 Å². The lowest BCUT2D eigenvalue weighted by atomic mass is 10.0. The SMILES string of the molecule is O=c1[nH]c(=O)n(C2C(CO)C(O)CC2(F)F)cc1C=CBr. The number of hydrogen-bond acceptors (Lipinski definition) is 4. The minimum atomic E-state index is -3.37. The average Bonchev–Trinajstić information content (AvgIpc) is 2.61. The van der Waals surface area contributed by atoms with Crippen LogP contribution in [-0.2, 0) is 0 Å².